The molecule has 1 saturated carbocycles. The summed E-state index contributed by atoms with van der Waals surface area (Å²) in [5, 5.41) is 15.7. The monoisotopic (exact) mass is 620 g/mol. The van der Waals surface area contributed by atoms with Gasteiger partial charge < -0.3 is 25.6 Å². The second kappa shape index (κ2) is 10.1. The number of nitrogens with zero attached hydrogens (tertiary/aromatic N) is 4. The van der Waals surface area contributed by atoms with Gasteiger partial charge in [-0.05, 0) is 55.0 Å². The minimum atomic E-state index is -2.80. The molecular weight excluding hydrogens is 585 g/mol. The summed E-state index contributed by atoms with van der Waals surface area (Å²) >= 11 is 0. The fraction of sp³-hybridized carbons (Fsp3) is 0.485. The fourth-order valence-electron chi connectivity index (χ4n) is 8.06. The van der Waals surface area contributed by atoms with Gasteiger partial charge in [0.2, 0.25) is 5.88 Å². The van der Waals surface area contributed by atoms with E-state index in [4.69, 9.17) is 15.2 Å². The lowest BCUT2D eigenvalue weighted by molar-refractivity contribution is -0.0132. The summed E-state index contributed by atoms with van der Waals surface area (Å²) in [5.41, 5.74) is 5.77. The van der Waals surface area contributed by atoms with Crippen LogP contribution >= 0.6 is 0 Å². The van der Waals surface area contributed by atoms with Gasteiger partial charge in [0.15, 0.2) is 5.82 Å². The van der Waals surface area contributed by atoms with Gasteiger partial charge in [-0.15, -0.1) is 0 Å². The van der Waals surface area contributed by atoms with Crippen molar-refractivity contribution >= 4 is 27.5 Å². The zero-order chi connectivity index (χ0) is 31.2. The van der Waals surface area contributed by atoms with Crippen LogP contribution in [0.3, 0.4) is 0 Å². The second-order valence-electron chi connectivity index (χ2n) is 13.2. The lowest BCUT2D eigenvalue weighted by atomic mass is 9.85. The number of hydrogen-bond acceptors (Lipinski definition) is 9. The van der Waals surface area contributed by atoms with E-state index in [1.807, 2.05) is 31.2 Å². The molecule has 5 heterocycles. The standard InChI is InChI=1S/C33H35F3N6O3/c1-3-22-24(21-12-23(21)38-22)16(2)45-30-25-28(26(34)27(39-30)20-11-18(43)10-17-6-4-5-7-19(17)20)40-31(41-29(25)37)44-15-32-8-9-42(32)14-33(35,36)13-32/h4-7,10-11,16,21-24,38,43H,3,8-9,12-15H2,1-2H3,(H2,37,40,41)/t16-,21?,22-,23-,24-,32+/m0/s1. The molecule has 0 amide bonds. The van der Waals surface area contributed by atoms with Gasteiger partial charge in [-0.3, -0.25) is 4.90 Å². The number of aromatic nitrogens is 3. The molecule has 4 aromatic rings. The van der Waals surface area contributed by atoms with Crippen LogP contribution in [0.2, 0.25) is 0 Å². The first-order valence-corrected chi connectivity index (χ1v) is 15.6. The summed E-state index contributed by atoms with van der Waals surface area (Å²) in [4.78, 5) is 15.1. The average molecular weight is 621 g/mol. The van der Waals surface area contributed by atoms with E-state index in [9.17, 15) is 13.9 Å². The Balaban J connectivity index is 1.23. The van der Waals surface area contributed by atoms with Crippen molar-refractivity contribution in [3.05, 3.63) is 42.2 Å². The highest BCUT2D eigenvalue weighted by Gasteiger charge is 2.60. The third kappa shape index (κ3) is 4.63. The Kier molecular flexibility index (Phi) is 6.38. The van der Waals surface area contributed by atoms with Crippen LogP contribution in [0.1, 0.15) is 39.5 Å². The number of ether oxygens (including phenoxy) is 2. The molecule has 0 bridgehead atoms. The quantitative estimate of drug-likeness (QED) is 0.242. The summed E-state index contributed by atoms with van der Waals surface area (Å²) in [6, 6.07) is 10.9. The molecular formula is C33H35F3N6O3. The smallest absolute Gasteiger partial charge is 0.319 e. The van der Waals surface area contributed by atoms with Crippen molar-refractivity contribution in [1.82, 2.24) is 25.2 Å². The molecule has 3 aliphatic heterocycles. The molecule has 4 N–H and O–H groups in total. The molecule has 1 aliphatic carbocycles. The number of benzene rings is 2. The number of nitrogen functional groups attached to an aromatic ring is 1. The van der Waals surface area contributed by atoms with Gasteiger partial charge in [0.05, 0.1) is 12.1 Å². The number of hydrogen-bond donors (Lipinski definition) is 3. The van der Waals surface area contributed by atoms with E-state index in [0.717, 1.165) is 12.8 Å². The van der Waals surface area contributed by atoms with Crippen molar-refractivity contribution in [2.75, 3.05) is 25.4 Å². The van der Waals surface area contributed by atoms with Crippen LogP contribution in [0.5, 0.6) is 17.6 Å². The van der Waals surface area contributed by atoms with Crippen LogP contribution in [-0.2, 0) is 0 Å². The highest BCUT2D eigenvalue weighted by Crippen LogP contribution is 2.50. The molecule has 3 saturated heterocycles. The number of phenols is 1. The highest BCUT2D eigenvalue weighted by molar-refractivity contribution is 6.01. The number of phenolic OH excluding ortho intramolecular Hbond substituents is 1. The Hall–Kier alpha value is -3.90. The predicted molar refractivity (Wildman–Crippen MR) is 163 cm³/mol. The number of aromatic hydroxyl groups is 1. The predicted octanol–water partition coefficient (Wildman–Crippen LogP) is 5.29. The molecule has 2 aromatic carbocycles. The largest absolute Gasteiger partial charge is 0.508 e. The number of nitrogens with two attached hydrogens (primary N) is 1. The molecule has 8 rings (SSSR count). The van der Waals surface area contributed by atoms with Crippen molar-refractivity contribution in [3.63, 3.8) is 0 Å². The van der Waals surface area contributed by atoms with Gasteiger partial charge >= 0.3 is 6.01 Å². The number of pyridine rings is 1. The number of nitrogens with one attached hydrogen (secondary N) is 1. The Morgan fingerprint density at radius 1 is 1.20 bits per heavy atom. The van der Waals surface area contributed by atoms with E-state index in [-0.39, 0.29) is 77.7 Å². The number of anilines is 1. The molecule has 45 heavy (non-hydrogen) atoms. The fourth-order valence-corrected chi connectivity index (χ4v) is 8.06. The molecule has 4 aliphatic rings. The Bertz CT molecular complexity index is 1840. The average Bonchev–Trinajstić information content (AvgIpc) is 3.61. The molecule has 4 fully saturated rings. The molecule has 1 unspecified atom stereocenters. The first kappa shape index (κ1) is 28.6. The maximum Gasteiger partial charge on any atom is 0.319 e. The lowest BCUT2D eigenvalue weighted by Crippen LogP contribution is -2.59. The third-order valence-corrected chi connectivity index (χ3v) is 10.4. The Labute approximate surface area is 257 Å². The van der Waals surface area contributed by atoms with Crippen LogP contribution in [0.15, 0.2) is 36.4 Å². The van der Waals surface area contributed by atoms with Crippen molar-refractivity contribution < 1.29 is 27.8 Å². The SMILES string of the molecule is CC[C@@H]1N[C@H]2CC2[C@@H]1[C@H](C)Oc1nc(-c2cc(O)cc3ccccc23)c(F)c2nc(OC[C@]34CCN3CC(F)(F)C4)nc(N)c12. The zero-order valence-electron chi connectivity index (χ0n) is 25.1. The lowest BCUT2D eigenvalue weighted by Gasteiger charge is -2.46. The number of rotatable bonds is 8. The van der Waals surface area contributed by atoms with Crippen LogP contribution in [0.25, 0.3) is 32.9 Å². The molecule has 0 spiro atoms. The third-order valence-electron chi connectivity index (χ3n) is 10.4. The van der Waals surface area contributed by atoms with Gasteiger partial charge in [0.1, 0.15) is 40.9 Å². The number of fused-ring (bicyclic) bond motifs is 4. The van der Waals surface area contributed by atoms with Crippen LogP contribution in [-0.4, -0.2) is 74.3 Å². The first-order valence-electron chi connectivity index (χ1n) is 15.6. The summed E-state index contributed by atoms with van der Waals surface area (Å²) in [5.74, 6) is -2.91. The van der Waals surface area contributed by atoms with Gasteiger partial charge in [-0.2, -0.15) is 9.97 Å². The summed E-state index contributed by atoms with van der Waals surface area (Å²) in [6.07, 6.45) is 2.00. The Morgan fingerprint density at radius 2 is 2.02 bits per heavy atom. The first-order chi connectivity index (χ1) is 21.6. The van der Waals surface area contributed by atoms with Crippen LogP contribution < -0.4 is 20.5 Å². The van der Waals surface area contributed by atoms with E-state index in [1.54, 1.807) is 11.0 Å². The maximum absolute atomic E-state index is 16.7. The van der Waals surface area contributed by atoms with Crippen LogP contribution in [0, 0.1) is 17.7 Å². The van der Waals surface area contributed by atoms with Gasteiger partial charge in [-0.25, -0.2) is 18.2 Å². The van der Waals surface area contributed by atoms with Crippen molar-refractivity contribution in [1.29, 1.82) is 0 Å². The highest BCUT2D eigenvalue weighted by atomic mass is 19.3. The van der Waals surface area contributed by atoms with E-state index >= 15 is 4.39 Å². The van der Waals surface area contributed by atoms with E-state index in [2.05, 4.69) is 27.2 Å². The summed E-state index contributed by atoms with van der Waals surface area (Å²) < 4.78 is 57.5. The van der Waals surface area contributed by atoms with E-state index < -0.39 is 17.3 Å². The number of piperidine rings is 1. The molecule has 0 radical (unpaired) electrons. The van der Waals surface area contributed by atoms with Gasteiger partial charge in [-0.1, -0.05) is 31.2 Å². The topological polar surface area (TPSA) is 119 Å². The second-order valence-corrected chi connectivity index (χ2v) is 13.2. The molecule has 12 heteroatoms. The normalized spacial score (nSPS) is 28.9. The van der Waals surface area contributed by atoms with E-state index in [0.29, 0.717) is 41.3 Å². The Morgan fingerprint density at radius 3 is 2.78 bits per heavy atom. The minimum absolute atomic E-state index is 0.0488. The van der Waals surface area contributed by atoms with Crippen molar-refractivity contribution in [2.45, 2.75) is 69.2 Å². The summed E-state index contributed by atoms with van der Waals surface area (Å²) in [7, 11) is 0. The molecule has 6 atom stereocenters. The van der Waals surface area contributed by atoms with E-state index in [1.165, 1.54) is 6.07 Å². The molecule has 236 valence electrons. The van der Waals surface area contributed by atoms with Crippen LogP contribution in [0.4, 0.5) is 19.0 Å². The van der Waals surface area contributed by atoms with Gasteiger partial charge in [0, 0.05) is 36.5 Å². The minimum Gasteiger partial charge on any atom is -0.508 e. The number of alkyl halides is 2. The molecule has 2 aromatic heterocycles. The summed E-state index contributed by atoms with van der Waals surface area (Å²) in [6.45, 7) is 4.32. The maximum atomic E-state index is 16.7. The zero-order valence-corrected chi connectivity index (χ0v) is 25.1. The van der Waals surface area contributed by atoms with Crippen molar-refractivity contribution in [3.8, 4) is 28.9 Å². The van der Waals surface area contributed by atoms with Gasteiger partial charge in [0.25, 0.3) is 5.92 Å². The number of halogens is 3. The van der Waals surface area contributed by atoms with Crippen molar-refractivity contribution in [2.24, 2.45) is 11.8 Å². The molecule has 9 nitrogen and oxygen atoms in total.